The van der Waals surface area contributed by atoms with Crippen molar-refractivity contribution in [3.05, 3.63) is 48.3 Å². The fourth-order valence-electron chi connectivity index (χ4n) is 3.39. The molecule has 3 N–H and O–H groups in total. The number of rotatable bonds is 5. The Labute approximate surface area is 162 Å². The number of halogens is 1. The third-order valence-corrected chi connectivity index (χ3v) is 4.74. The highest BCUT2D eigenvalue weighted by Crippen LogP contribution is 2.38. The van der Waals surface area contributed by atoms with E-state index in [-0.39, 0.29) is 11.9 Å². The second kappa shape index (κ2) is 8.00. The van der Waals surface area contributed by atoms with Gasteiger partial charge in [-0.1, -0.05) is 12.1 Å². The summed E-state index contributed by atoms with van der Waals surface area (Å²) in [5, 5.41) is 5.02. The Morgan fingerprint density at radius 3 is 2.86 bits per heavy atom. The minimum absolute atomic E-state index is 0.0482. The second-order valence-corrected chi connectivity index (χ2v) is 6.59. The first-order chi connectivity index (χ1) is 13.7. The predicted octanol–water partition coefficient (Wildman–Crippen LogP) is 3.46. The van der Waals surface area contributed by atoms with Crippen molar-refractivity contribution in [1.82, 2.24) is 4.98 Å². The Kier molecular flexibility index (Phi) is 5.27. The Balaban J connectivity index is 1.78. The minimum Gasteiger partial charge on any atom is -0.497 e. The zero-order valence-electron chi connectivity index (χ0n) is 15.6. The lowest BCUT2D eigenvalue weighted by molar-refractivity contribution is -0.0819. The SMILES string of the molecule is COc1ccc2c(NCC3COCCO3)nc(N)c(-c3cccc(F)c3)c2c1. The molecule has 6 nitrogen and oxygen atoms in total. The molecule has 1 aliphatic heterocycles. The van der Waals surface area contributed by atoms with Gasteiger partial charge in [0.2, 0.25) is 0 Å². The van der Waals surface area contributed by atoms with Crippen molar-refractivity contribution in [3.63, 3.8) is 0 Å². The predicted molar refractivity (Wildman–Crippen MR) is 107 cm³/mol. The normalized spacial score (nSPS) is 16.9. The van der Waals surface area contributed by atoms with E-state index in [1.165, 1.54) is 12.1 Å². The largest absolute Gasteiger partial charge is 0.497 e. The number of anilines is 2. The molecule has 0 aliphatic carbocycles. The molecule has 0 radical (unpaired) electrons. The van der Waals surface area contributed by atoms with Crippen molar-refractivity contribution >= 4 is 22.4 Å². The van der Waals surface area contributed by atoms with Gasteiger partial charge < -0.3 is 25.3 Å². The van der Waals surface area contributed by atoms with Crippen molar-refractivity contribution in [3.8, 4) is 16.9 Å². The molecular weight excluding hydrogens is 361 g/mol. The lowest BCUT2D eigenvalue weighted by Crippen LogP contribution is -2.34. The van der Waals surface area contributed by atoms with Gasteiger partial charge >= 0.3 is 0 Å². The Morgan fingerprint density at radius 1 is 1.21 bits per heavy atom. The molecule has 2 heterocycles. The van der Waals surface area contributed by atoms with Gasteiger partial charge in [0, 0.05) is 22.9 Å². The van der Waals surface area contributed by atoms with Gasteiger partial charge in [0.1, 0.15) is 23.2 Å². The summed E-state index contributed by atoms with van der Waals surface area (Å²) in [7, 11) is 1.60. The second-order valence-electron chi connectivity index (χ2n) is 6.59. The summed E-state index contributed by atoms with van der Waals surface area (Å²) in [6.07, 6.45) is -0.0482. The number of aromatic nitrogens is 1. The number of nitrogen functional groups attached to an aromatic ring is 1. The van der Waals surface area contributed by atoms with Crippen LogP contribution in [0.5, 0.6) is 5.75 Å². The molecule has 1 unspecified atom stereocenters. The van der Waals surface area contributed by atoms with Gasteiger partial charge in [-0.2, -0.15) is 0 Å². The smallest absolute Gasteiger partial charge is 0.136 e. The van der Waals surface area contributed by atoms with Gasteiger partial charge in [-0.05, 0) is 35.9 Å². The summed E-state index contributed by atoms with van der Waals surface area (Å²) in [4.78, 5) is 4.55. The summed E-state index contributed by atoms with van der Waals surface area (Å²) >= 11 is 0. The van der Waals surface area contributed by atoms with E-state index in [0.717, 1.165) is 10.8 Å². The summed E-state index contributed by atoms with van der Waals surface area (Å²) in [5.41, 5.74) is 7.64. The van der Waals surface area contributed by atoms with Crippen molar-refractivity contribution < 1.29 is 18.6 Å². The van der Waals surface area contributed by atoms with Crippen LogP contribution in [-0.4, -0.2) is 44.6 Å². The first-order valence-corrected chi connectivity index (χ1v) is 9.12. The molecule has 146 valence electrons. The maximum absolute atomic E-state index is 13.8. The van der Waals surface area contributed by atoms with Crippen LogP contribution in [0.25, 0.3) is 21.9 Å². The minimum atomic E-state index is -0.329. The molecule has 0 saturated carbocycles. The van der Waals surface area contributed by atoms with Crippen molar-refractivity contribution in [2.45, 2.75) is 6.10 Å². The van der Waals surface area contributed by atoms with Crippen molar-refractivity contribution in [2.24, 2.45) is 0 Å². The van der Waals surface area contributed by atoms with Gasteiger partial charge in [0.05, 0.1) is 33.0 Å². The molecule has 7 heteroatoms. The number of fused-ring (bicyclic) bond motifs is 1. The molecule has 1 saturated heterocycles. The van der Waals surface area contributed by atoms with Gasteiger partial charge in [0.15, 0.2) is 0 Å². The Bertz CT molecular complexity index is 990. The highest BCUT2D eigenvalue weighted by molar-refractivity contribution is 6.06. The first kappa shape index (κ1) is 18.5. The van der Waals surface area contributed by atoms with E-state index >= 15 is 0 Å². The summed E-state index contributed by atoms with van der Waals surface area (Å²) in [5.74, 6) is 1.31. The lowest BCUT2D eigenvalue weighted by atomic mass is 9.98. The quantitative estimate of drug-likeness (QED) is 0.703. The zero-order valence-corrected chi connectivity index (χ0v) is 15.6. The van der Waals surface area contributed by atoms with E-state index in [1.807, 2.05) is 24.3 Å². The summed E-state index contributed by atoms with van der Waals surface area (Å²) < 4.78 is 30.3. The summed E-state index contributed by atoms with van der Waals surface area (Å²) in [6.45, 7) is 2.29. The molecule has 4 rings (SSSR count). The molecule has 1 fully saturated rings. The molecule has 0 spiro atoms. The van der Waals surface area contributed by atoms with E-state index < -0.39 is 0 Å². The number of hydrogen-bond donors (Lipinski definition) is 2. The molecule has 0 amide bonds. The van der Waals surface area contributed by atoms with E-state index in [0.29, 0.717) is 54.9 Å². The third-order valence-electron chi connectivity index (χ3n) is 4.74. The lowest BCUT2D eigenvalue weighted by Gasteiger charge is -2.24. The van der Waals surface area contributed by atoms with Crippen molar-refractivity contribution in [1.29, 1.82) is 0 Å². The average Bonchev–Trinajstić information content (AvgIpc) is 2.72. The van der Waals surface area contributed by atoms with E-state index in [1.54, 1.807) is 13.2 Å². The third kappa shape index (κ3) is 3.72. The molecule has 2 aromatic carbocycles. The highest BCUT2D eigenvalue weighted by atomic mass is 19.1. The summed E-state index contributed by atoms with van der Waals surface area (Å²) in [6, 6.07) is 12.0. The Morgan fingerprint density at radius 2 is 2.11 bits per heavy atom. The standard InChI is InChI=1S/C21H22FN3O3/c1-26-15-5-6-17-18(10-15)19(13-3-2-4-14(22)9-13)20(23)25-21(17)24-11-16-12-27-7-8-28-16/h2-6,9-10,16H,7-8,11-12H2,1H3,(H3,23,24,25). The molecule has 1 aliphatic rings. The number of nitrogens with two attached hydrogens (primary N) is 1. The molecule has 3 aromatic rings. The van der Waals surface area contributed by atoms with Crippen LogP contribution in [0, 0.1) is 5.82 Å². The molecule has 1 aromatic heterocycles. The number of nitrogens with zero attached hydrogens (tertiary/aromatic N) is 1. The van der Waals surface area contributed by atoms with Crippen LogP contribution in [0.1, 0.15) is 0 Å². The number of methoxy groups -OCH3 is 1. The fourth-order valence-corrected chi connectivity index (χ4v) is 3.39. The van der Waals surface area contributed by atoms with Crippen LogP contribution in [0.2, 0.25) is 0 Å². The number of pyridine rings is 1. The molecule has 0 bridgehead atoms. The van der Waals surface area contributed by atoms with Crippen molar-refractivity contribution in [2.75, 3.05) is 44.5 Å². The number of hydrogen-bond acceptors (Lipinski definition) is 6. The van der Waals surface area contributed by atoms with Crippen LogP contribution in [0.3, 0.4) is 0 Å². The van der Waals surface area contributed by atoms with E-state index in [4.69, 9.17) is 19.9 Å². The molecule has 1 atom stereocenters. The number of ether oxygens (including phenoxy) is 3. The van der Waals surface area contributed by atoms with Crippen LogP contribution >= 0.6 is 0 Å². The number of nitrogens with one attached hydrogen (secondary N) is 1. The average molecular weight is 383 g/mol. The molecular formula is C21H22FN3O3. The number of benzene rings is 2. The fraction of sp³-hybridized carbons (Fsp3) is 0.286. The van der Waals surface area contributed by atoms with Gasteiger partial charge in [-0.15, -0.1) is 0 Å². The highest BCUT2D eigenvalue weighted by Gasteiger charge is 2.18. The van der Waals surface area contributed by atoms with Gasteiger partial charge in [-0.3, -0.25) is 0 Å². The Hall–Kier alpha value is -2.90. The topological polar surface area (TPSA) is 78.6 Å². The van der Waals surface area contributed by atoms with Gasteiger partial charge in [-0.25, -0.2) is 9.37 Å². The van der Waals surface area contributed by atoms with Crippen LogP contribution in [0.4, 0.5) is 16.0 Å². The first-order valence-electron chi connectivity index (χ1n) is 9.12. The van der Waals surface area contributed by atoms with Crippen LogP contribution < -0.4 is 15.8 Å². The zero-order chi connectivity index (χ0) is 19.5. The van der Waals surface area contributed by atoms with E-state index in [2.05, 4.69) is 10.3 Å². The van der Waals surface area contributed by atoms with Crippen LogP contribution in [0.15, 0.2) is 42.5 Å². The van der Waals surface area contributed by atoms with Crippen LogP contribution in [-0.2, 0) is 9.47 Å². The monoisotopic (exact) mass is 383 g/mol. The maximum Gasteiger partial charge on any atom is 0.136 e. The maximum atomic E-state index is 13.8. The van der Waals surface area contributed by atoms with E-state index in [9.17, 15) is 4.39 Å². The molecule has 28 heavy (non-hydrogen) atoms. The van der Waals surface area contributed by atoms with Gasteiger partial charge in [0.25, 0.3) is 0 Å².